The third-order valence-electron chi connectivity index (χ3n) is 5.49. The number of hydrogen-bond acceptors (Lipinski definition) is 4. The van der Waals surface area contributed by atoms with Crippen molar-refractivity contribution in [3.63, 3.8) is 0 Å². The van der Waals surface area contributed by atoms with Gasteiger partial charge < -0.3 is 19.7 Å². The van der Waals surface area contributed by atoms with E-state index in [9.17, 15) is 9.59 Å². The minimum absolute atomic E-state index is 0.0688. The van der Waals surface area contributed by atoms with Crippen LogP contribution >= 0.6 is 0 Å². The van der Waals surface area contributed by atoms with E-state index in [1.165, 1.54) is 6.42 Å². The molecule has 28 heavy (non-hydrogen) atoms. The molecule has 1 N–H and O–H groups in total. The summed E-state index contributed by atoms with van der Waals surface area (Å²) in [6.07, 6.45) is 5.61. The van der Waals surface area contributed by atoms with Crippen LogP contribution < -0.4 is 14.8 Å². The van der Waals surface area contributed by atoms with Gasteiger partial charge in [0.2, 0.25) is 6.79 Å². The lowest BCUT2D eigenvalue weighted by molar-refractivity contribution is 0.0697. The zero-order valence-electron chi connectivity index (χ0n) is 15.9. The summed E-state index contributed by atoms with van der Waals surface area (Å²) in [6, 6.07) is 12.6. The average molecular weight is 380 g/mol. The molecule has 2 aromatic rings. The molecule has 1 saturated carbocycles. The lowest BCUT2D eigenvalue weighted by Gasteiger charge is -2.31. The number of nitrogens with one attached hydrogen (secondary N) is 1. The summed E-state index contributed by atoms with van der Waals surface area (Å²) in [4.78, 5) is 27.8. The average Bonchev–Trinajstić information content (AvgIpc) is 3.22. The highest BCUT2D eigenvalue weighted by molar-refractivity contribution is 6.10. The second kappa shape index (κ2) is 7.92. The van der Waals surface area contributed by atoms with Gasteiger partial charge in [0.25, 0.3) is 11.8 Å². The molecule has 0 unspecified atom stereocenters. The Morgan fingerprint density at radius 1 is 0.964 bits per heavy atom. The smallest absolute Gasteiger partial charge is 0.259 e. The minimum atomic E-state index is -0.331. The van der Waals surface area contributed by atoms with Crippen LogP contribution in [0.1, 0.15) is 52.8 Å². The first kappa shape index (κ1) is 18.3. The van der Waals surface area contributed by atoms with Gasteiger partial charge in [-0.25, -0.2) is 0 Å². The van der Waals surface area contributed by atoms with Gasteiger partial charge in [0.15, 0.2) is 11.5 Å². The molecule has 1 aliphatic heterocycles. The number of carbonyl (C=O) groups is 2. The maximum absolute atomic E-state index is 13.1. The molecule has 146 valence electrons. The third-order valence-corrected chi connectivity index (χ3v) is 5.49. The van der Waals surface area contributed by atoms with Crippen molar-refractivity contribution in [2.24, 2.45) is 0 Å². The number of carbonyl (C=O) groups excluding carboxylic acids is 2. The van der Waals surface area contributed by atoms with Crippen LogP contribution in [0.15, 0.2) is 42.5 Å². The van der Waals surface area contributed by atoms with E-state index in [4.69, 9.17) is 9.47 Å². The van der Waals surface area contributed by atoms with Crippen molar-refractivity contribution in [2.45, 2.75) is 38.1 Å². The molecular weight excluding hydrogens is 356 g/mol. The molecule has 4 rings (SSSR count). The molecule has 1 heterocycles. The summed E-state index contributed by atoms with van der Waals surface area (Å²) in [6.45, 7) is 0.0981. The van der Waals surface area contributed by atoms with E-state index >= 15 is 0 Å². The van der Waals surface area contributed by atoms with E-state index in [-0.39, 0.29) is 24.6 Å². The van der Waals surface area contributed by atoms with Crippen molar-refractivity contribution in [3.8, 4) is 11.5 Å². The van der Waals surface area contributed by atoms with Crippen LogP contribution in [0.5, 0.6) is 11.5 Å². The van der Waals surface area contributed by atoms with Crippen molar-refractivity contribution >= 4 is 17.5 Å². The predicted octanol–water partition coefficient (Wildman–Crippen LogP) is 4.07. The number of hydrogen-bond donors (Lipinski definition) is 1. The molecule has 2 aliphatic rings. The van der Waals surface area contributed by atoms with E-state index < -0.39 is 0 Å². The van der Waals surface area contributed by atoms with Gasteiger partial charge in [-0.15, -0.1) is 0 Å². The van der Waals surface area contributed by atoms with Crippen LogP contribution in [0.4, 0.5) is 5.69 Å². The van der Waals surface area contributed by atoms with Gasteiger partial charge in [0.1, 0.15) is 0 Å². The fraction of sp³-hybridized carbons (Fsp3) is 0.364. The molecule has 0 spiro atoms. The Morgan fingerprint density at radius 2 is 1.71 bits per heavy atom. The van der Waals surface area contributed by atoms with Crippen molar-refractivity contribution in [1.82, 2.24) is 4.90 Å². The Kier molecular flexibility index (Phi) is 5.19. The highest BCUT2D eigenvalue weighted by Gasteiger charge is 2.26. The Hall–Kier alpha value is -3.02. The highest BCUT2D eigenvalue weighted by atomic mass is 16.7. The molecule has 2 amide bonds. The van der Waals surface area contributed by atoms with Crippen LogP contribution in [0.3, 0.4) is 0 Å². The monoisotopic (exact) mass is 380 g/mol. The summed E-state index contributed by atoms with van der Waals surface area (Å²) in [7, 11) is 1.85. The van der Waals surface area contributed by atoms with Gasteiger partial charge >= 0.3 is 0 Å². The van der Waals surface area contributed by atoms with Crippen LogP contribution in [-0.4, -0.2) is 36.6 Å². The molecule has 6 heteroatoms. The molecule has 0 saturated heterocycles. The summed E-state index contributed by atoms with van der Waals surface area (Å²) >= 11 is 0. The van der Waals surface area contributed by atoms with Gasteiger partial charge in [-0.2, -0.15) is 0 Å². The first-order valence-corrected chi connectivity index (χ1v) is 9.71. The zero-order chi connectivity index (χ0) is 19.5. The minimum Gasteiger partial charge on any atom is -0.454 e. The van der Waals surface area contributed by atoms with Crippen molar-refractivity contribution < 1.29 is 19.1 Å². The number of fused-ring (bicyclic) bond motifs is 1. The fourth-order valence-electron chi connectivity index (χ4n) is 3.90. The van der Waals surface area contributed by atoms with Crippen LogP contribution in [0, 0.1) is 0 Å². The lowest BCUT2D eigenvalue weighted by Crippen LogP contribution is -2.38. The van der Waals surface area contributed by atoms with Gasteiger partial charge in [-0.05, 0) is 37.1 Å². The predicted molar refractivity (Wildman–Crippen MR) is 106 cm³/mol. The number of benzene rings is 2. The van der Waals surface area contributed by atoms with Crippen LogP contribution in [0.25, 0.3) is 0 Å². The number of para-hydroxylation sites is 2. The van der Waals surface area contributed by atoms with E-state index in [2.05, 4.69) is 5.32 Å². The third kappa shape index (κ3) is 3.54. The van der Waals surface area contributed by atoms with E-state index in [0.29, 0.717) is 28.3 Å². The molecule has 0 bridgehead atoms. The largest absolute Gasteiger partial charge is 0.454 e. The first-order chi connectivity index (χ1) is 13.6. The van der Waals surface area contributed by atoms with E-state index in [1.54, 1.807) is 30.3 Å². The fourth-order valence-corrected chi connectivity index (χ4v) is 3.90. The molecule has 0 aromatic heterocycles. The highest BCUT2D eigenvalue weighted by Crippen LogP contribution is 2.35. The second-order valence-electron chi connectivity index (χ2n) is 7.25. The summed E-state index contributed by atoms with van der Waals surface area (Å²) in [5, 5.41) is 2.87. The first-order valence-electron chi connectivity index (χ1n) is 9.71. The Bertz CT molecular complexity index is 890. The Morgan fingerprint density at radius 3 is 2.54 bits per heavy atom. The van der Waals surface area contributed by atoms with Crippen LogP contribution in [-0.2, 0) is 0 Å². The topological polar surface area (TPSA) is 67.9 Å². The molecular formula is C22H24N2O4. The molecule has 6 nitrogen and oxygen atoms in total. The number of ether oxygens (including phenoxy) is 2. The maximum atomic E-state index is 13.1. The molecule has 1 aliphatic carbocycles. The normalized spacial score (nSPS) is 15.9. The Balaban J connectivity index is 1.55. The summed E-state index contributed by atoms with van der Waals surface area (Å²) in [5.41, 5.74) is 1.38. The maximum Gasteiger partial charge on any atom is 0.259 e. The zero-order valence-corrected chi connectivity index (χ0v) is 15.9. The molecule has 0 radical (unpaired) electrons. The van der Waals surface area contributed by atoms with Crippen molar-refractivity contribution in [1.29, 1.82) is 0 Å². The van der Waals surface area contributed by atoms with Crippen molar-refractivity contribution in [3.05, 3.63) is 53.6 Å². The lowest BCUT2D eigenvalue weighted by atomic mass is 9.94. The number of rotatable bonds is 4. The van der Waals surface area contributed by atoms with E-state index in [1.807, 2.05) is 24.1 Å². The standard InChI is InChI=1S/C22H24N2O4/c1-24(15-8-3-2-4-9-15)22(26)16-10-5-6-12-18(16)23-21(25)17-11-7-13-19-20(17)28-14-27-19/h5-7,10-13,15H,2-4,8-9,14H2,1H3,(H,23,25). The van der Waals surface area contributed by atoms with Crippen molar-refractivity contribution in [2.75, 3.05) is 19.2 Å². The van der Waals surface area contributed by atoms with E-state index in [0.717, 1.165) is 25.7 Å². The van der Waals surface area contributed by atoms with Crippen LogP contribution in [0.2, 0.25) is 0 Å². The van der Waals surface area contributed by atoms with Gasteiger partial charge in [0.05, 0.1) is 16.8 Å². The number of amides is 2. The summed E-state index contributed by atoms with van der Waals surface area (Å²) in [5.74, 6) is 0.584. The molecule has 1 fully saturated rings. The quantitative estimate of drug-likeness (QED) is 0.868. The van der Waals surface area contributed by atoms with Gasteiger partial charge in [-0.3, -0.25) is 9.59 Å². The second-order valence-corrected chi connectivity index (χ2v) is 7.25. The summed E-state index contributed by atoms with van der Waals surface area (Å²) < 4.78 is 10.8. The van der Waals surface area contributed by atoms with Gasteiger partial charge in [0, 0.05) is 13.1 Å². The number of anilines is 1. The molecule has 0 atom stereocenters. The SMILES string of the molecule is CN(C(=O)c1ccccc1NC(=O)c1cccc2c1OCO2)C1CCCCC1. The molecule has 2 aromatic carbocycles. The van der Waals surface area contributed by atoms with Gasteiger partial charge in [-0.1, -0.05) is 37.5 Å². The Labute approximate surface area is 164 Å². The number of nitrogens with zero attached hydrogens (tertiary/aromatic N) is 1.